The summed E-state index contributed by atoms with van der Waals surface area (Å²) in [6.45, 7) is 1.89. The summed E-state index contributed by atoms with van der Waals surface area (Å²) in [5, 5.41) is 13.3. The number of rotatable bonds is 4. The maximum absolute atomic E-state index is 12.7. The van der Waals surface area contributed by atoms with E-state index in [0.29, 0.717) is 9.97 Å². The molecule has 0 bridgehead atoms. The van der Waals surface area contributed by atoms with Crippen LogP contribution in [-0.2, 0) is 0 Å². The van der Waals surface area contributed by atoms with Crippen LogP contribution in [0.25, 0.3) is 16.2 Å². The number of hydrogen-bond acceptors (Lipinski definition) is 6. The van der Waals surface area contributed by atoms with E-state index in [1.165, 1.54) is 15.9 Å². The molecule has 0 N–H and O–H groups in total. The molecule has 1 atom stereocenters. The SMILES string of the molecule is CC(Oc1ccccc1)c1nn2c(=O)c(-c3ccccc3)nnc2s1. The molecule has 4 aromatic rings. The lowest BCUT2D eigenvalue weighted by Gasteiger charge is -2.10. The summed E-state index contributed by atoms with van der Waals surface area (Å²) in [7, 11) is 0. The average Bonchev–Trinajstić information content (AvgIpc) is 3.09. The van der Waals surface area contributed by atoms with Gasteiger partial charge in [0.1, 0.15) is 11.9 Å². The summed E-state index contributed by atoms with van der Waals surface area (Å²) >= 11 is 1.30. The van der Waals surface area contributed by atoms with Crippen LogP contribution in [0.1, 0.15) is 18.0 Å². The van der Waals surface area contributed by atoms with Crippen molar-refractivity contribution < 1.29 is 4.74 Å². The van der Waals surface area contributed by atoms with Crippen molar-refractivity contribution in [3.8, 4) is 17.0 Å². The molecule has 25 heavy (non-hydrogen) atoms. The van der Waals surface area contributed by atoms with Crippen LogP contribution in [0.2, 0.25) is 0 Å². The molecule has 1 unspecified atom stereocenters. The highest BCUT2D eigenvalue weighted by molar-refractivity contribution is 7.16. The molecule has 0 saturated heterocycles. The third-order valence-electron chi connectivity index (χ3n) is 3.66. The van der Waals surface area contributed by atoms with Crippen LogP contribution in [-0.4, -0.2) is 19.8 Å². The van der Waals surface area contributed by atoms with Crippen LogP contribution < -0.4 is 10.3 Å². The predicted molar refractivity (Wildman–Crippen MR) is 95.9 cm³/mol. The minimum Gasteiger partial charge on any atom is -0.483 e. The lowest BCUT2D eigenvalue weighted by atomic mass is 10.2. The molecule has 0 radical (unpaired) electrons. The maximum atomic E-state index is 12.7. The Hall–Kier alpha value is -3.06. The normalized spacial score (nSPS) is 12.2. The summed E-state index contributed by atoms with van der Waals surface area (Å²) in [4.78, 5) is 13.1. The highest BCUT2D eigenvalue weighted by atomic mass is 32.1. The highest BCUT2D eigenvalue weighted by Crippen LogP contribution is 2.24. The quantitative estimate of drug-likeness (QED) is 0.564. The van der Waals surface area contributed by atoms with Crippen LogP contribution in [0.15, 0.2) is 65.5 Å². The van der Waals surface area contributed by atoms with E-state index in [4.69, 9.17) is 4.74 Å². The summed E-state index contributed by atoms with van der Waals surface area (Å²) < 4.78 is 7.16. The van der Waals surface area contributed by atoms with Crippen molar-refractivity contribution >= 4 is 16.3 Å². The van der Waals surface area contributed by atoms with Gasteiger partial charge in [-0.2, -0.15) is 9.61 Å². The van der Waals surface area contributed by atoms with E-state index in [-0.39, 0.29) is 17.4 Å². The first kappa shape index (κ1) is 15.5. The third kappa shape index (κ3) is 3.01. The first-order valence-corrected chi connectivity index (χ1v) is 8.57. The summed E-state index contributed by atoms with van der Waals surface area (Å²) in [5.74, 6) is 0.748. The monoisotopic (exact) mass is 350 g/mol. The Balaban J connectivity index is 1.71. The Morgan fingerprint density at radius 2 is 1.68 bits per heavy atom. The van der Waals surface area contributed by atoms with Crippen molar-refractivity contribution in [2.75, 3.05) is 0 Å². The lowest BCUT2D eigenvalue weighted by Crippen LogP contribution is -2.19. The second-order valence-corrected chi connectivity index (χ2v) is 6.42. The molecule has 7 heteroatoms. The van der Waals surface area contributed by atoms with Crippen molar-refractivity contribution in [2.45, 2.75) is 13.0 Å². The second-order valence-electron chi connectivity index (χ2n) is 5.43. The summed E-state index contributed by atoms with van der Waals surface area (Å²) in [6, 6.07) is 18.7. The zero-order valence-electron chi connectivity index (χ0n) is 13.4. The number of nitrogens with zero attached hydrogens (tertiary/aromatic N) is 4. The molecule has 2 aromatic carbocycles. The van der Waals surface area contributed by atoms with Gasteiger partial charge in [0.05, 0.1) is 0 Å². The fourth-order valence-electron chi connectivity index (χ4n) is 2.42. The minimum absolute atomic E-state index is 0.284. The first-order valence-electron chi connectivity index (χ1n) is 7.76. The lowest BCUT2D eigenvalue weighted by molar-refractivity contribution is 0.225. The Morgan fingerprint density at radius 1 is 1.00 bits per heavy atom. The molecular formula is C18H14N4O2S. The molecule has 0 spiro atoms. The number of fused-ring (bicyclic) bond motifs is 1. The van der Waals surface area contributed by atoms with Gasteiger partial charge in [-0.15, -0.1) is 10.2 Å². The Labute approximate surface area is 147 Å². The van der Waals surface area contributed by atoms with Gasteiger partial charge < -0.3 is 4.74 Å². The largest absolute Gasteiger partial charge is 0.483 e. The van der Waals surface area contributed by atoms with Gasteiger partial charge in [-0.1, -0.05) is 59.9 Å². The van der Waals surface area contributed by atoms with E-state index in [9.17, 15) is 4.79 Å². The Bertz CT molecular complexity index is 1060. The van der Waals surface area contributed by atoms with Gasteiger partial charge in [0.15, 0.2) is 10.7 Å². The molecule has 0 amide bonds. The molecule has 0 saturated carbocycles. The molecular weight excluding hydrogens is 336 g/mol. The fourth-order valence-corrected chi connectivity index (χ4v) is 3.24. The molecule has 0 fully saturated rings. The Morgan fingerprint density at radius 3 is 2.40 bits per heavy atom. The molecule has 2 aromatic heterocycles. The maximum Gasteiger partial charge on any atom is 0.302 e. The molecule has 124 valence electrons. The van der Waals surface area contributed by atoms with Crippen LogP contribution in [0, 0.1) is 0 Å². The number of para-hydroxylation sites is 1. The van der Waals surface area contributed by atoms with Crippen molar-refractivity contribution in [3.63, 3.8) is 0 Å². The molecule has 2 heterocycles. The zero-order valence-corrected chi connectivity index (χ0v) is 14.2. The van der Waals surface area contributed by atoms with E-state index in [1.807, 2.05) is 67.6 Å². The van der Waals surface area contributed by atoms with Crippen molar-refractivity contribution in [2.24, 2.45) is 0 Å². The molecule has 0 aliphatic carbocycles. The van der Waals surface area contributed by atoms with Gasteiger partial charge in [0.2, 0.25) is 4.96 Å². The van der Waals surface area contributed by atoms with Gasteiger partial charge in [-0.3, -0.25) is 4.79 Å². The number of benzene rings is 2. The standard InChI is InChI=1S/C18H14N4O2S/c1-12(24-14-10-6-3-7-11-14)16-21-22-17(23)15(19-20-18(22)25-16)13-8-4-2-5-9-13/h2-12H,1H3. The smallest absolute Gasteiger partial charge is 0.302 e. The van der Waals surface area contributed by atoms with Crippen molar-refractivity contribution in [1.82, 2.24) is 19.8 Å². The topological polar surface area (TPSA) is 69.4 Å². The van der Waals surface area contributed by atoms with Gasteiger partial charge in [-0.05, 0) is 19.1 Å². The second kappa shape index (κ2) is 6.45. The van der Waals surface area contributed by atoms with Crippen LogP contribution in [0.4, 0.5) is 0 Å². The minimum atomic E-state index is -0.298. The van der Waals surface area contributed by atoms with Crippen molar-refractivity contribution in [3.05, 3.63) is 76.0 Å². The number of ether oxygens (including phenoxy) is 1. The summed E-state index contributed by atoms with van der Waals surface area (Å²) in [5.41, 5.74) is 0.717. The van der Waals surface area contributed by atoms with E-state index in [0.717, 1.165) is 11.3 Å². The third-order valence-corrected chi connectivity index (χ3v) is 4.72. The van der Waals surface area contributed by atoms with Gasteiger partial charge >= 0.3 is 5.56 Å². The first-order chi connectivity index (χ1) is 12.2. The van der Waals surface area contributed by atoms with Gasteiger partial charge in [0.25, 0.3) is 0 Å². The summed E-state index contributed by atoms with van der Waals surface area (Å²) in [6.07, 6.45) is -0.298. The van der Waals surface area contributed by atoms with E-state index >= 15 is 0 Å². The van der Waals surface area contributed by atoms with E-state index < -0.39 is 0 Å². The fraction of sp³-hybridized carbons (Fsp3) is 0.111. The van der Waals surface area contributed by atoms with Crippen LogP contribution in [0.3, 0.4) is 0 Å². The molecule has 0 aliphatic rings. The number of aromatic nitrogens is 4. The Kier molecular flexibility index (Phi) is 3.99. The van der Waals surface area contributed by atoms with Crippen LogP contribution in [0.5, 0.6) is 5.75 Å². The van der Waals surface area contributed by atoms with Crippen LogP contribution >= 0.6 is 11.3 Å². The molecule has 4 rings (SSSR count). The van der Waals surface area contributed by atoms with Crippen molar-refractivity contribution in [1.29, 1.82) is 0 Å². The van der Waals surface area contributed by atoms with E-state index in [1.54, 1.807) is 0 Å². The average molecular weight is 350 g/mol. The number of hydrogen-bond donors (Lipinski definition) is 0. The molecule has 0 aliphatic heterocycles. The molecule has 6 nitrogen and oxygen atoms in total. The predicted octanol–water partition coefficient (Wildman–Crippen LogP) is 3.35. The zero-order chi connectivity index (χ0) is 17.2. The van der Waals surface area contributed by atoms with Gasteiger partial charge in [-0.25, -0.2) is 0 Å². The van der Waals surface area contributed by atoms with Gasteiger partial charge in [0, 0.05) is 5.56 Å². The van der Waals surface area contributed by atoms with E-state index in [2.05, 4.69) is 15.3 Å². The highest BCUT2D eigenvalue weighted by Gasteiger charge is 2.17.